The zero-order chi connectivity index (χ0) is 20.0. The molecule has 0 radical (unpaired) electrons. The summed E-state index contributed by atoms with van der Waals surface area (Å²) >= 11 is 0. The molecule has 0 bridgehead atoms. The summed E-state index contributed by atoms with van der Waals surface area (Å²) in [7, 11) is 1.69. The van der Waals surface area contributed by atoms with Crippen molar-refractivity contribution in [2.45, 2.75) is 13.0 Å². The van der Waals surface area contributed by atoms with Crippen molar-refractivity contribution in [2.75, 3.05) is 24.2 Å². The SMILES string of the molecule is C[C@H](C(=O)Nc1ccc([N+](=O)[O-])cc1)[NH+](C)CC(=O)Nc1cccc(F)c1. The summed E-state index contributed by atoms with van der Waals surface area (Å²) in [6, 6.07) is 10.5. The second kappa shape index (κ2) is 8.86. The maximum absolute atomic E-state index is 13.1. The van der Waals surface area contributed by atoms with Crippen molar-refractivity contribution in [3.05, 3.63) is 64.5 Å². The van der Waals surface area contributed by atoms with Crippen LogP contribution in [0.25, 0.3) is 0 Å². The summed E-state index contributed by atoms with van der Waals surface area (Å²) < 4.78 is 13.1. The highest BCUT2D eigenvalue weighted by Gasteiger charge is 2.24. The van der Waals surface area contributed by atoms with E-state index in [2.05, 4.69) is 10.6 Å². The molecule has 2 atom stereocenters. The van der Waals surface area contributed by atoms with E-state index in [-0.39, 0.29) is 24.0 Å². The number of hydrogen-bond acceptors (Lipinski definition) is 4. The van der Waals surface area contributed by atoms with E-state index >= 15 is 0 Å². The highest BCUT2D eigenvalue weighted by Crippen LogP contribution is 2.15. The lowest BCUT2D eigenvalue weighted by atomic mass is 10.2. The number of benzene rings is 2. The molecule has 0 aliphatic carbocycles. The number of quaternary nitrogens is 1. The molecule has 27 heavy (non-hydrogen) atoms. The normalized spacial score (nSPS) is 12.7. The van der Waals surface area contributed by atoms with Gasteiger partial charge in [-0.25, -0.2) is 4.39 Å². The van der Waals surface area contributed by atoms with Gasteiger partial charge in [-0.2, -0.15) is 0 Å². The van der Waals surface area contributed by atoms with E-state index in [0.29, 0.717) is 16.3 Å². The van der Waals surface area contributed by atoms with E-state index in [0.717, 1.165) is 0 Å². The van der Waals surface area contributed by atoms with E-state index in [1.165, 1.54) is 42.5 Å². The van der Waals surface area contributed by atoms with E-state index in [4.69, 9.17) is 0 Å². The minimum absolute atomic E-state index is 0.00532. The topological polar surface area (TPSA) is 106 Å². The molecule has 0 aliphatic rings. The Kier molecular flexibility index (Phi) is 6.56. The Labute approximate surface area is 155 Å². The molecule has 0 aliphatic heterocycles. The highest BCUT2D eigenvalue weighted by molar-refractivity contribution is 5.94. The van der Waals surface area contributed by atoms with Gasteiger partial charge in [0.05, 0.1) is 12.0 Å². The van der Waals surface area contributed by atoms with Crippen LogP contribution in [0.3, 0.4) is 0 Å². The molecule has 3 N–H and O–H groups in total. The van der Waals surface area contributed by atoms with Crippen LogP contribution in [-0.2, 0) is 9.59 Å². The van der Waals surface area contributed by atoms with Gasteiger partial charge in [0.1, 0.15) is 5.82 Å². The van der Waals surface area contributed by atoms with Crippen molar-refractivity contribution < 1.29 is 23.8 Å². The van der Waals surface area contributed by atoms with Crippen molar-refractivity contribution >= 4 is 28.9 Å². The fourth-order valence-electron chi connectivity index (χ4n) is 2.32. The van der Waals surface area contributed by atoms with E-state index in [1.807, 2.05) is 0 Å². The molecule has 1 unspecified atom stereocenters. The van der Waals surface area contributed by atoms with Crippen LogP contribution in [0.1, 0.15) is 6.92 Å². The Morgan fingerprint density at radius 2 is 1.81 bits per heavy atom. The van der Waals surface area contributed by atoms with Crippen LogP contribution in [0, 0.1) is 15.9 Å². The van der Waals surface area contributed by atoms with Crippen molar-refractivity contribution in [1.29, 1.82) is 0 Å². The molecular formula is C18H20FN4O4+. The average Bonchev–Trinajstić information content (AvgIpc) is 2.61. The van der Waals surface area contributed by atoms with Gasteiger partial charge in [-0.1, -0.05) is 6.07 Å². The van der Waals surface area contributed by atoms with Crippen molar-refractivity contribution in [3.8, 4) is 0 Å². The largest absolute Gasteiger partial charge is 0.321 e. The molecule has 0 heterocycles. The molecule has 142 valence electrons. The lowest BCUT2D eigenvalue weighted by Crippen LogP contribution is -3.14. The summed E-state index contributed by atoms with van der Waals surface area (Å²) in [4.78, 5) is 35.1. The van der Waals surface area contributed by atoms with Gasteiger partial charge < -0.3 is 15.5 Å². The van der Waals surface area contributed by atoms with Gasteiger partial charge in [0.15, 0.2) is 12.6 Å². The summed E-state index contributed by atoms with van der Waals surface area (Å²) in [5, 5.41) is 15.9. The summed E-state index contributed by atoms with van der Waals surface area (Å²) in [6.07, 6.45) is 0. The van der Waals surface area contributed by atoms with Gasteiger partial charge in [0.25, 0.3) is 17.5 Å². The van der Waals surface area contributed by atoms with Gasteiger partial charge in [-0.3, -0.25) is 19.7 Å². The number of carbonyl (C=O) groups is 2. The zero-order valence-corrected chi connectivity index (χ0v) is 14.9. The number of likely N-dealkylation sites (N-methyl/N-ethyl adjacent to an activating group) is 1. The molecule has 8 nitrogen and oxygen atoms in total. The molecule has 2 aromatic rings. The first-order valence-electron chi connectivity index (χ1n) is 8.19. The van der Waals surface area contributed by atoms with Crippen LogP contribution in [0.5, 0.6) is 0 Å². The van der Waals surface area contributed by atoms with Crippen LogP contribution in [-0.4, -0.2) is 36.4 Å². The number of nitrogens with zero attached hydrogens (tertiary/aromatic N) is 1. The van der Waals surface area contributed by atoms with E-state index in [1.54, 1.807) is 20.0 Å². The summed E-state index contributed by atoms with van der Waals surface area (Å²) in [6.45, 7) is 1.66. The van der Waals surface area contributed by atoms with Gasteiger partial charge in [-0.05, 0) is 37.3 Å². The van der Waals surface area contributed by atoms with E-state index in [9.17, 15) is 24.1 Å². The number of nitrogens with one attached hydrogen (secondary N) is 3. The summed E-state index contributed by atoms with van der Waals surface area (Å²) in [5.74, 6) is -1.14. The quantitative estimate of drug-likeness (QED) is 0.500. The third-order valence-electron chi connectivity index (χ3n) is 4.03. The van der Waals surface area contributed by atoms with Crippen molar-refractivity contribution in [3.63, 3.8) is 0 Å². The maximum atomic E-state index is 13.1. The molecule has 9 heteroatoms. The minimum atomic E-state index is -0.557. The molecule has 0 aromatic heterocycles. The molecular weight excluding hydrogens is 355 g/mol. The molecule has 2 rings (SSSR count). The Bertz CT molecular complexity index is 842. The monoisotopic (exact) mass is 375 g/mol. The number of amides is 2. The Morgan fingerprint density at radius 1 is 1.15 bits per heavy atom. The Balaban J connectivity index is 1.89. The third kappa shape index (κ3) is 5.86. The maximum Gasteiger partial charge on any atom is 0.282 e. The second-order valence-corrected chi connectivity index (χ2v) is 6.10. The lowest BCUT2D eigenvalue weighted by molar-refractivity contribution is -0.885. The Hall–Kier alpha value is -3.33. The molecule has 0 saturated carbocycles. The van der Waals surface area contributed by atoms with Crippen molar-refractivity contribution in [1.82, 2.24) is 0 Å². The predicted octanol–water partition coefficient (Wildman–Crippen LogP) is 1.21. The number of nitro benzene ring substituents is 1. The number of halogens is 1. The van der Waals surface area contributed by atoms with Crippen molar-refractivity contribution in [2.24, 2.45) is 0 Å². The van der Waals surface area contributed by atoms with Gasteiger partial charge in [0.2, 0.25) is 0 Å². The van der Waals surface area contributed by atoms with Crippen LogP contribution >= 0.6 is 0 Å². The number of carbonyl (C=O) groups excluding carboxylic acids is 2. The van der Waals surface area contributed by atoms with Gasteiger partial charge in [0, 0.05) is 23.5 Å². The first kappa shape index (κ1) is 20.0. The van der Waals surface area contributed by atoms with Crippen LogP contribution in [0.4, 0.5) is 21.5 Å². The fraction of sp³-hybridized carbons (Fsp3) is 0.222. The zero-order valence-electron chi connectivity index (χ0n) is 14.9. The fourth-order valence-corrected chi connectivity index (χ4v) is 2.32. The van der Waals surface area contributed by atoms with Gasteiger partial charge >= 0.3 is 0 Å². The smallest absolute Gasteiger partial charge is 0.282 e. The highest BCUT2D eigenvalue weighted by atomic mass is 19.1. The van der Waals surface area contributed by atoms with Crippen LogP contribution in [0.15, 0.2) is 48.5 Å². The summed E-state index contributed by atoms with van der Waals surface area (Å²) in [5.41, 5.74) is 0.697. The minimum Gasteiger partial charge on any atom is -0.321 e. The number of non-ortho nitro benzene ring substituents is 1. The van der Waals surface area contributed by atoms with Crippen LogP contribution < -0.4 is 15.5 Å². The average molecular weight is 375 g/mol. The number of rotatable bonds is 7. The molecule has 0 saturated heterocycles. The first-order chi connectivity index (χ1) is 12.8. The predicted molar refractivity (Wildman–Crippen MR) is 98.0 cm³/mol. The van der Waals surface area contributed by atoms with Gasteiger partial charge in [-0.15, -0.1) is 0 Å². The van der Waals surface area contributed by atoms with Crippen LogP contribution in [0.2, 0.25) is 0 Å². The van der Waals surface area contributed by atoms with E-state index < -0.39 is 16.8 Å². The standard InChI is InChI=1S/C18H19FN4O4/c1-12(18(25)21-14-6-8-16(9-7-14)23(26)27)22(2)11-17(24)20-15-5-3-4-13(19)10-15/h3-10,12H,11H2,1-2H3,(H,20,24)(H,21,25)/p+1/t12-/m1/s1. The number of anilines is 2. The Morgan fingerprint density at radius 3 is 2.41 bits per heavy atom. The molecule has 2 amide bonds. The third-order valence-corrected chi connectivity index (χ3v) is 4.03. The molecule has 0 fully saturated rings. The molecule has 2 aromatic carbocycles. The number of hydrogen-bond donors (Lipinski definition) is 3. The second-order valence-electron chi connectivity index (χ2n) is 6.10. The lowest BCUT2D eigenvalue weighted by Gasteiger charge is -2.20. The molecule has 0 spiro atoms. The first-order valence-corrected chi connectivity index (χ1v) is 8.19. The number of nitro groups is 1.